The van der Waals surface area contributed by atoms with Crippen LogP contribution in [0.1, 0.15) is 10.4 Å². The van der Waals surface area contributed by atoms with Gasteiger partial charge < -0.3 is 19.8 Å². The summed E-state index contributed by atoms with van der Waals surface area (Å²) in [5.74, 6) is -1.86. The Bertz CT molecular complexity index is 414. The molecule has 0 amide bonds. The van der Waals surface area contributed by atoms with E-state index in [1.165, 1.54) is 12.0 Å². The smallest absolute Gasteiger partial charge is 0.339 e. The van der Waals surface area contributed by atoms with Crippen LogP contribution in [0.3, 0.4) is 0 Å². The zero-order valence-electron chi connectivity index (χ0n) is 9.97. The Kier molecular flexibility index (Phi) is 5.47. The molecule has 0 radical (unpaired) electrons. The van der Waals surface area contributed by atoms with E-state index in [4.69, 9.17) is 14.9 Å². The fourth-order valence-electron chi connectivity index (χ4n) is 1.49. The van der Waals surface area contributed by atoms with Gasteiger partial charge in [0.15, 0.2) is 0 Å². The number of aromatic nitrogens is 1. The molecule has 0 bridgehead atoms. The molecule has 18 heavy (non-hydrogen) atoms. The van der Waals surface area contributed by atoms with Crippen LogP contribution < -0.4 is 4.90 Å². The fraction of sp³-hybridized carbons (Fsp3) is 0.455. The second-order valence-electron chi connectivity index (χ2n) is 3.53. The van der Waals surface area contributed by atoms with Crippen molar-refractivity contribution in [3.63, 3.8) is 0 Å². The van der Waals surface area contributed by atoms with E-state index in [1.807, 2.05) is 0 Å². The van der Waals surface area contributed by atoms with E-state index in [1.54, 1.807) is 0 Å². The zero-order chi connectivity index (χ0) is 13.5. The molecule has 2 N–H and O–H groups in total. The lowest BCUT2D eigenvalue weighted by atomic mass is 10.2. The molecule has 0 aliphatic heterocycles. The molecule has 1 aromatic heterocycles. The Morgan fingerprint density at radius 1 is 1.56 bits per heavy atom. The van der Waals surface area contributed by atoms with Crippen LogP contribution in [0, 0.1) is 5.82 Å². The molecule has 1 heterocycles. The van der Waals surface area contributed by atoms with E-state index in [9.17, 15) is 9.18 Å². The molecule has 7 heteroatoms. The zero-order valence-corrected chi connectivity index (χ0v) is 9.97. The average Bonchev–Trinajstić information content (AvgIpc) is 2.34. The van der Waals surface area contributed by atoms with Crippen molar-refractivity contribution in [1.82, 2.24) is 4.98 Å². The number of carboxylic acids is 1. The number of rotatable bonds is 7. The summed E-state index contributed by atoms with van der Waals surface area (Å²) in [5, 5.41) is 18.0. The quantitative estimate of drug-likeness (QED) is 0.735. The number of aliphatic hydroxyl groups is 1. The number of anilines is 1. The Balaban J connectivity index is 3.05. The highest BCUT2D eigenvalue weighted by atomic mass is 19.1. The van der Waals surface area contributed by atoms with Gasteiger partial charge in [0.1, 0.15) is 17.2 Å². The van der Waals surface area contributed by atoms with Gasteiger partial charge in [-0.3, -0.25) is 0 Å². The van der Waals surface area contributed by atoms with Crippen molar-refractivity contribution >= 4 is 11.8 Å². The molecule has 0 aliphatic carbocycles. The molecule has 6 nitrogen and oxygen atoms in total. The lowest BCUT2D eigenvalue weighted by Gasteiger charge is -2.23. The van der Waals surface area contributed by atoms with Crippen LogP contribution in [0.25, 0.3) is 0 Å². The van der Waals surface area contributed by atoms with Crippen LogP contribution >= 0.6 is 0 Å². The lowest BCUT2D eigenvalue weighted by Crippen LogP contribution is -2.32. The van der Waals surface area contributed by atoms with Crippen LogP contribution in [-0.4, -0.2) is 54.6 Å². The normalized spacial score (nSPS) is 10.4. The topological polar surface area (TPSA) is 82.9 Å². The molecular weight excluding hydrogens is 243 g/mol. The first-order valence-corrected chi connectivity index (χ1v) is 5.33. The molecule has 0 saturated heterocycles. The minimum Gasteiger partial charge on any atom is -0.478 e. The van der Waals surface area contributed by atoms with Crippen LogP contribution in [0.5, 0.6) is 0 Å². The van der Waals surface area contributed by atoms with Crippen LogP contribution in [-0.2, 0) is 4.74 Å². The van der Waals surface area contributed by atoms with Crippen molar-refractivity contribution in [3.8, 4) is 0 Å². The maximum Gasteiger partial charge on any atom is 0.339 e. The van der Waals surface area contributed by atoms with E-state index in [0.717, 1.165) is 12.3 Å². The Labute approximate surface area is 104 Å². The molecule has 0 aromatic carbocycles. The highest BCUT2D eigenvalue weighted by Gasteiger charge is 2.18. The first-order chi connectivity index (χ1) is 8.60. The number of ether oxygens (including phenoxy) is 1. The molecule has 0 saturated carbocycles. The maximum atomic E-state index is 13.0. The summed E-state index contributed by atoms with van der Waals surface area (Å²) in [6.07, 6.45) is 0.943. The Morgan fingerprint density at radius 3 is 2.83 bits per heavy atom. The van der Waals surface area contributed by atoms with Gasteiger partial charge in [-0.15, -0.1) is 0 Å². The van der Waals surface area contributed by atoms with Gasteiger partial charge in [0, 0.05) is 20.2 Å². The van der Waals surface area contributed by atoms with Crippen LogP contribution in [0.4, 0.5) is 10.2 Å². The summed E-state index contributed by atoms with van der Waals surface area (Å²) >= 11 is 0. The Hall–Kier alpha value is -1.73. The van der Waals surface area contributed by atoms with E-state index < -0.39 is 11.8 Å². The number of pyridine rings is 1. The van der Waals surface area contributed by atoms with Crippen molar-refractivity contribution in [2.24, 2.45) is 0 Å². The van der Waals surface area contributed by atoms with E-state index in [0.29, 0.717) is 13.2 Å². The molecule has 0 unspecified atom stereocenters. The summed E-state index contributed by atoms with van der Waals surface area (Å²) < 4.78 is 17.9. The molecule has 0 atom stereocenters. The molecular formula is C11H15FN2O4. The van der Waals surface area contributed by atoms with Gasteiger partial charge in [0.25, 0.3) is 0 Å². The highest BCUT2D eigenvalue weighted by molar-refractivity contribution is 5.93. The van der Waals surface area contributed by atoms with E-state index in [2.05, 4.69) is 4.98 Å². The number of nitrogens with zero attached hydrogens (tertiary/aromatic N) is 2. The van der Waals surface area contributed by atoms with Crippen LogP contribution in [0.15, 0.2) is 12.3 Å². The minimum absolute atomic E-state index is 0.120. The second kappa shape index (κ2) is 6.87. The number of hydrogen-bond donors (Lipinski definition) is 2. The van der Waals surface area contributed by atoms with Crippen molar-refractivity contribution < 1.29 is 24.1 Å². The molecule has 0 fully saturated rings. The first-order valence-electron chi connectivity index (χ1n) is 5.33. The monoisotopic (exact) mass is 258 g/mol. The van der Waals surface area contributed by atoms with Gasteiger partial charge >= 0.3 is 5.97 Å². The molecule has 0 aliphatic rings. The largest absolute Gasteiger partial charge is 0.478 e. The number of aliphatic hydroxyl groups excluding tert-OH is 1. The molecule has 1 rings (SSSR count). The summed E-state index contributed by atoms with van der Waals surface area (Å²) in [6.45, 7) is 0.734. The van der Waals surface area contributed by atoms with Gasteiger partial charge in [0.05, 0.1) is 19.4 Å². The fourth-order valence-corrected chi connectivity index (χ4v) is 1.49. The van der Waals surface area contributed by atoms with Crippen LogP contribution in [0.2, 0.25) is 0 Å². The van der Waals surface area contributed by atoms with E-state index in [-0.39, 0.29) is 24.5 Å². The third-order valence-corrected chi connectivity index (χ3v) is 2.30. The summed E-state index contributed by atoms with van der Waals surface area (Å²) in [7, 11) is 1.51. The van der Waals surface area contributed by atoms with Gasteiger partial charge in [-0.1, -0.05) is 0 Å². The van der Waals surface area contributed by atoms with Gasteiger partial charge in [-0.25, -0.2) is 14.2 Å². The first kappa shape index (κ1) is 14.3. The van der Waals surface area contributed by atoms with Gasteiger partial charge in [-0.05, 0) is 6.07 Å². The number of hydrogen-bond acceptors (Lipinski definition) is 5. The number of aromatic carboxylic acids is 1. The summed E-state index contributed by atoms with van der Waals surface area (Å²) in [4.78, 5) is 16.3. The third kappa shape index (κ3) is 3.64. The summed E-state index contributed by atoms with van der Waals surface area (Å²) in [6, 6.07) is 0.905. The predicted molar refractivity (Wildman–Crippen MR) is 62.3 cm³/mol. The number of carbonyl (C=O) groups is 1. The lowest BCUT2D eigenvalue weighted by molar-refractivity contribution is 0.0696. The molecule has 100 valence electrons. The van der Waals surface area contributed by atoms with Crippen molar-refractivity contribution in [2.75, 3.05) is 38.3 Å². The summed E-state index contributed by atoms with van der Waals surface area (Å²) in [5.41, 5.74) is -0.237. The number of methoxy groups -OCH3 is 1. The number of carboxylic acid groups (broad SMARTS) is 1. The van der Waals surface area contributed by atoms with E-state index >= 15 is 0 Å². The standard InChI is InChI=1S/C11H15FN2O4/c1-18-5-3-14(2-4-15)10-9(11(16)17)6-8(12)7-13-10/h6-7,15H,2-5H2,1H3,(H,16,17). The molecule has 1 aromatic rings. The number of halogens is 1. The minimum atomic E-state index is -1.27. The van der Waals surface area contributed by atoms with Crippen molar-refractivity contribution in [2.45, 2.75) is 0 Å². The predicted octanol–water partition coefficient (Wildman–Crippen LogP) is 0.364. The Morgan fingerprint density at radius 2 is 2.28 bits per heavy atom. The van der Waals surface area contributed by atoms with Crippen molar-refractivity contribution in [3.05, 3.63) is 23.6 Å². The maximum absolute atomic E-state index is 13.0. The highest BCUT2D eigenvalue weighted by Crippen LogP contribution is 2.18. The third-order valence-electron chi connectivity index (χ3n) is 2.30. The molecule has 0 spiro atoms. The SMILES string of the molecule is COCCN(CCO)c1ncc(F)cc1C(=O)O. The average molecular weight is 258 g/mol. The van der Waals surface area contributed by atoms with Gasteiger partial charge in [0.2, 0.25) is 0 Å². The van der Waals surface area contributed by atoms with Crippen molar-refractivity contribution in [1.29, 1.82) is 0 Å². The van der Waals surface area contributed by atoms with Gasteiger partial charge in [-0.2, -0.15) is 0 Å². The second-order valence-corrected chi connectivity index (χ2v) is 3.53.